The van der Waals surface area contributed by atoms with Crippen LogP contribution in [-0.4, -0.2) is 39.4 Å². The maximum absolute atomic E-state index is 13.4. The maximum atomic E-state index is 13.4. The van der Waals surface area contributed by atoms with Crippen molar-refractivity contribution in [2.75, 3.05) is 31.4 Å². The van der Waals surface area contributed by atoms with Crippen LogP contribution in [0.25, 0.3) is 0 Å². The van der Waals surface area contributed by atoms with Crippen LogP contribution in [0.2, 0.25) is 0 Å². The highest BCUT2D eigenvalue weighted by atomic mass is 32.2. The second kappa shape index (κ2) is 8.31. The quantitative estimate of drug-likeness (QED) is 0.686. The molecule has 0 fully saturated rings. The van der Waals surface area contributed by atoms with E-state index in [2.05, 4.69) is 17.0 Å². The zero-order chi connectivity index (χ0) is 15.9. The molecule has 120 valence electrons. The fourth-order valence-electron chi connectivity index (χ4n) is 1.73. The van der Waals surface area contributed by atoms with Crippen LogP contribution < -0.4 is 10.0 Å². The smallest absolute Gasteiger partial charge is 0.301 e. The van der Waals surface area contributed by atoms with Gasteiger partial charge in [0, 0.05) is 13.6 Å². The molecule has 1 aromatic rings. The lowest BCUT2D eigenvalue weighted by Crippen LogP contribution is -2.34. The molecule has 0 saturated carbocycles. The van der Waals surface area contributed by atoms with Crippen LogP contribution in [-0.2, 0) is 10.2 Å². The lowest BCUT2D eigenvalue weighted by Gasteiger charge is -2.18. The van der Waals surface area contributed by atoms with Crippen LogP contribution in [0.15, 0.2) is 18.2 Å². The third-order valence-electron chi connectivity index (χ3n) is 3.08. The Bertz CT molecular complexity index is 549. The molecule has 0 amide bonds. The molecule has 0 saturated heterocycles. The van der Waals surface area contributed by atoms with Crippen molar-refractivity contribution >= 4 is 15.9 Å². The van der Waals surface area contributed by atoms with Crippen molar-refractivity contribution in [3.8, 4) is 0 Å². The van der Waals surface area contributed by atoms with E-state index in [0.29, 0.717) is 12.1 Å². The van der Waals surface area contributed by atoms with Crippen LogP contribution in [0.1, 0.15) is 25.3 Å². The largest absolute Gasteiger partial charge is 0.317 e. The fraction of sp³-hybridized carbons (Fsp3) is 0.571. The lowest BCUT2D eigenvalue weighted by atomic mass is 10.2. The second-order valence-electron chi connectivity index (χ2n) is 5.00. The van der Waals surface area contributed by atoms with E-state index < -0.39 is 16.0 Å². The van der Waals surface area contributed by atoms with Gasteiger partial charge in [0.15, 0.2) is 0 Å². The van der Waals surface area contributed by atoms with E-state index in [-0.39, 0.29) is 5.69 Å². The Balaban J connectivity index is 2.53. The third-order valence-corrected chi connectivity index (χ3v) is 4.58. The first kappa shape index (κ1) is 17.9. The highest BCUT2D eigenvalue weighted by Crippen LogP contribution is 2.15. The number of hydrogen-bond acceptors (Lipinski definition) is 3. The molecular weight excluding hydrogens is 293 g/mol. The Morgan fingerprint density at radius 1 is 1.29 bits per heavy atom. The Hall–Kier alpha value is -1.18. The highest BCUT2D eigenvalue weighted by molar-refractivity contribution is 7.90. The van der Waals surface area contributed by atoms with Crippen molar-refractivity contribution < 1.29 is 12.8 Å². The molecule has 7 heteroatoms. The number of anilines is 1. The number of rotatable bonds is 9. The maximum Gasteiger partial charge on any atom is 0.301 e. The van der Waals surface area contributed by atoms with Crippen LogP contribution in [0, 0.1) is 12.7 Å². The van der Waals surface area contributed by atoms with Crippen molar-refractivity contribution in [2.24, 2.45) is 0 Å². The summed E-state index contributed by atoms with van der Waals surface area (Å²) in [6, 6.07) is 4.28. The van der Waals surface area contributed by atoms with Gasteiger partial charge in [-0.3, -0.25) is 4.72 Å². The van der Waals surface area contributed by atoms with Gasteiger partial charge in [-0.2, -0.15) is 12.7 Å². The highest BCUT2D eigenvalue weighted by Gasteiger charge is 2.17. The summed E-state index contributed by atoms with van der Waals surface area (Å²) in [5.41, 5.74) is 0.711. The topological polar surface area (TPSA) is 61.4 Å². The molecule has 0 radical (unpaired) electrons. The molecule has 2 N–H and O–H groups in total. The minimum Gasteiger partial charge on any atom is -0.317 e. The molecule has 0 unspecified atom stereocenters. The minimum absolute atomic E-state index is 0.231. The summed E-state index contributed by atoms with van der Waals surface area (Å²) in [5, 5.41) is 3.21. The van der Waals surface area contributed by atoms with Gasteiger partial charge in [0.1, 0.15) is 5.82 Å². The summed E-state index contributed by atoms with van der Waals surface area (Å²) < 4.78 is 41.2. The van der Waals surface area contributed by atoms with Gasteiger partial charge in [-0.05, 0) is 50.6 Å². The normalized spacial score (nSPS) is 11.9. The van der Waals surface area contributed by atoms with E-state index in [1.54, 1.807) is 19.1 Å². The first-order valence-electron chi connectivity index (χ1n) is 7.07. The van der Waals surface area contributed by atoms with Gasteiger partial charge < -0.3 is 5.32 Å². The summed E-state index contributed by atoms with van der Waals surface area (Å²) in [7, 11) is -2.14. The molecule has 0 heterocycles. The summed E-state index contributed by atoms with van der Waals surface area (Å²) in [5.74, 6) is -0.429. The molecule has 1 aromatic carbocycles. The van der Waals surface area contributed by atoms with E-state index in [0.717, 1.165) is 25.9 Å². The fourth-order valence-corrected chi connectivity index (χ4v) is 2.68. The summed E-state index contributed by atoms with van der Waals surface area (Å²) in [6.07, 6.45) is 1.77. The SMILES string of the molecule is CCCNCCCN(C)S(=O)(=O)Nc1ccc(C)c(F)c1. The Morgan fingerprint density at radius 3 is 2.62 bits per heavy atom. The van der Waals surface area contributed by atoms with E-state index in [1.807, 2.05) is 0 Å². The molecule has 1 rings (SSSR count). The predicted molar refractivity (Wildman–Crippen MR) is 84.1 cm³/mol. The minimum atomic E-state index is -3.65. The van der Waals surface area contributed by atoms with Crippen molar-refractivity contribution in [3.05, 3.63) is 29.6 Å². The summed E-state index contributed by atoms with van der Waals surface area (Å²) in [6.45, 7) is 5.81. The molecule has 0 aliphatic carbocycles. The molecular formula is C14H24FN3O2S. The number of nitrogens with zero attached hydrogens (tertiary/aromatic N) is 1. The van der Waals surface area contributed by atoms with Gasteiger partial charge in [0.25, 0.3) is 0 Å². The van der Waals surface area contributed by atoms with Gasteiger partial charge in [-0.1, -0.05) is 13.0 Å². The van der Waals surface area contributed by atoms with Crippen LogP contribution in [0.5, 0.6) is 0 Å². The first-order chi connectivity index (χ1) is 9.86. The number of benzene rings is 1. The molecule has 0 spiro atoms. The van der Waals surface area contributed by atoms with E-state index in [4.69, 9.17) is 0 Å². The van der Waals surface area contributed by atoms with Crippen LogP contribution in [0.4, 0.5) is 10.1 Å². The third kappa shape index (κ3) is 5.99. The Morgan fingerprint density at radius 2 is 2.00 bits per heavy atom. The Labute approximate surface area is 126 Å². The zero-order valence-electron chi connectivity index (χ0n) is 12.8. The Kier molecular flexibility index (Phi) is 7.07. The van der Waals surface area contributed by atoms with E-state index >= 15 is 0 Å². The average molecular weight is 317 g/mol. The number of halogens is 1. The number of aryl methyl sites for hydroxylation is 1. The zero-order valence-corrected chi connectivity index (χ0v) is 13.6. The van der Waals surface area contributed by atoms with Gasteiger partial charge >= 0.3 is 10.2 Å². The van der Waals surface area contributed by atoms with Gasteiger partial charge in [-0.25, -0.2) is 4.39 Å². The average Bonchev–Trinajstić information content (AvgIpc) is 2.42. The molecule has 0 bridgehead atoms. The summed E-state index contributed by atoms with van der Waals surface area (Å²) in [4.78, 5) is 0. The lowest BCUT2D eigenvalue weighted by molar-refractivity contribution is 0.458. The molecule has 0 aliphatic rings. The molecule has 0 aliphatic heterocycles. The number of hydrogen-bond donors (Lipinski definition) is 2. The van der Waals surface area contributed by atoms with Crippen molar-refractivity contribution in [1.82, 2.24) is 9.62 Å². The number of nitrogens with one attached hydrogen (secondary N) is 2. The van der Waals surface area contributed by atoms with Crippen molar-refractivity contribution in [2.45, 2.75) is 26.7 Å². The van der Waals surface area contributed by atoms with E-state index in [1.165, 1.54) is 17.4 Å². The summed E-state index contributed by atoms with van der Waals surface area (Å²) >= 11 is 0. The second-order valence-corrected chi connectivity index (χ2v) is 6.77. The molecule has 0 aromatic heterocycles. The molecule has 0 atom stereocenters. The monoisotopic (exact) mass is 317 g/mol. The predicted octanol–water partition coefficient (Wildman–Crippen LogP) is 2.11. The van der Waals surface area contributed by atoms with Gasteiger partial charge in [0.05, 0.1) is 5.69 Å². The standard InChI is InChI=1S/C14H24FN3O2S/c1-4-8-16-9-5-10-18(3)21(19,20)17-13-7-6-12(2)14(15)11-13/h6-7,11,16-17H,4-5,8-10H2,1-3H3. The first-order valence-corrected chi connectivity index (χ1v) is 8.51. The molecule has 21 heavy (non-hydrogen) atoms. The van der Waals surface area contributed by atoms with Crippen molar-refractivity contribution in [3.63, 3.8) is 0 Å². The van der Waals surface area contributed by atoms with Gasteiger partial charge in [0.2, 0.25) is 0 Å². The molecule has 5 nitrogen and oxygen atoms in total. The van der Waals surface area contributed by atoms with E-state index in [9.17, 15) is 12.8 Å². The van der Waals surface area contributed by atoms with Gasteiger partial charge in [-0.15, -0.1) is 0 Å². The van der Waals surface area contributed by atoms with Crippen molar-refractivity contribution in [1.29, 1.82) is 0 Å². The van der Waals surface area contributed by atoms with Crippen LogP contribution >= 0.6 is 0 Å². The van der Waals surface area contributed by atoms with Crippen LogP contribution in [0.3, 0.4) is 0 Å².